The summed E-state index contributed by atoms with van der Waals surface area (Å²) in [6, 6.07) is 8.60. The van der Waals surface area contributed by atoms with Crippen LogP contribution in [0.15, 0.2) is 24.3 Å². The van der Waals surface area contributed by atoms with E-state index in [0.29, 0.717) is 12.0 Å². The number of nitrogens with zero attached hydrogens (tertiary/aromatic N) is 1. The zero-order valence-corrected chi connectivity index (χ0v) is 13.0. The van der Waals surface area contributed by atoms with Crippen molar-refractivity contribution >= 4 is 5.91 Å². The van der Waals surface area contributed by atoms with Crippen molar-refractivity contribution in [3.05, 3.63) is 35.4 Å². The smallest absolute Gasteiger partial charge is 0.254 e. The lowest BCUT2D eigenvalue weighted by Crippen LogP contribution is -2.40. The van der Waals surface area contributed by atoms with Gasteiger partial charge in [-0.3, -0.25) is 4.79 Å². The van der Waals surface area contributed by atoms with Crippen LogP contribution in [0.3, 0.4) is 0 Å². The number of hydrogen-bond donors (Lipinski definition) is 1. The zero-order chi connectivity index (χ0) is 14.7. The third kappa shape index (κ3) is 3.46. The molecule has 1 aliphatic carbocycles. The summed E-state index contributed by atoms with van der Waals surface area (Å²) in [7, 11) is 0. The Morgan fingerprint density at radius 2 is 1.90 bits per heavy atom. The van der Waals surface area contributed by atoms with E-state index in [1.165, 1.54) is 31.2 Å². The van der Waals surface area contributed by atoms with E-state index in [9.17, 15) is 4.79 Å². The molecule has 0 bridgehead atoms. The molecule has 0 unspecified atom stereocenters. The van der Waals surface area contributed by atoms with E-state index in [1.807, 2.05) is 18.2 Å². The molecular weight excluding hydrogens is 260 g/mol. The number of hydrogen-bond acceptors (Lipinski definition) is 2. The minimum Gasteiger partial charge on any atom is -0.335 e. The van der Waals surface area contributed by atoms with Crippen LogP contribution >= 0.6 is 0 Å². The minimum absolute atomic E-state index is 0.258. The standard InChI is InChI=1S/C18H26N2O/c1-2-15-5-3-4-6-17(15)18(21)20(16-7-8-16)13-14-9-11-19-12-10-14/h3-6,14,16,19H,2,7-13H2,1H3. The van der Waals surface area contributed by atoms with Gasteiger partial charge in [-0.1, -0.05) is 25.1 Å². The lowest BCUT2D eigenvalue weighted by atomic mass is 9.96. The summed E-state index contributed by atoms with van der Waals surface area (Å²) in [5.41, 5.74) is 2.10. The molecule has 2 fully saturated rings. The van der Waals surface area contributed by atoms with Crippen molar-refractivity contribution in [2.24, 2.45) is 5.92 Å². The van der Waals surface area contributed by atoms with Gasteiger partial charge in [0, 0.05) is 18.2 Å². The van der Waals surface area contributed by atoms with Gasteiger partial charge >= 0.3 is 0 Å². The van der Waals surface area contributed by atoms with E-state index in [1.54, 1.807) is 0 Å². The van der Waals surface area contributed by atoms with Gasteiger partial charge < -0.3 is 10.2 Å². The average molecular weight is 286 g/mol. The van der Waals surface area contributed by atoms with Crippen molar-refractivity contribution in [3.8, 4) is 0 Å². The first-order valence-corrected chi connectivity index (χ1v) is 8.39. The van der Waals surface area contributed by atoms with Gasteiger partial charge in [0.1, 0.15) is 0 Å². The topological polar surface area (TPSA) is 32.3 Å². The summed E-state index contributed by atoms with van der Waals surface area (Å²) in [4.78, 5) is 15.2. The first-order chi connectivity index (χ1) is 10.3. The summed E-state index contributed by atoms with van der Waals surface area (Å²) in [6.07, 6.45) is 5.70. The fourth-order valence-corrected chi connectivity index (χ4v) is 3.32. The number of amides is 1. The van der Waals surface area contributed by atoms with Gasteiger partial charge in [0.15, 0.2) is 0 Å². The lowest BCUT2D eigenvalue weighted by molar-refractivity contribution is 0.0700. The highest BCUT2D eigenvalue weighted by Gasteiger charge is 2.35. The molecule has 0 radical (unpaired) electrons. The fraction of sp³-hybridized carbons (Fsp3) is 0.611. The van der Waals surface area contributed by atoms with Crippen LogP contribution < -0.4 is 5.32 Å². The van der Waals surface area contributed by atoms with Crippen molar-refractivity contribution < 1.29 is 4.79 Å². The molecule has 0 spiro atoms. The molecule has 114 valence electrons. The molecular formula is C18H26N2O. The predicted molar refractivity (Wildman–Crippen MR) is 85.5 cm³/mol. The molecule has 3 heteroatoms. The number of rotatable bonds is 5. The van der Waals surface area contributed by atoms with Gasteiger partial charge in [-0.2, -0.15) is 0 Å². The maximum Gasteiger partial charge on any atom is 0.254 e. The van der Waals surface area contributed by atoms with Crippen LogP contribution in [0.2, 0.25) is 0 Å². The second kappa shape index (κ2) is 6.61. The molecule has 1 aromatic carbocycles. The van der Waals surface area contributed by atoms with E-state index in [0.717, 1.165) is 31.6 Å². The lowest BCUT2D eigenvalue weighted by Gasteiger charge is -2.30. The Morgan fingerprint density at radius 1 is 1.19 bits per heavy atom. The quantitative estimate of drug-likeness (QED) is 0.902. The Hall–Kier alpha value is -1.35. The van der Waals surface area contributed by atoms with Crippen molar-refractivity contribution in [2.45, 2.75) is 45.1 Å². The predicted octanol–water partition coefficient (Wildman–Crippen LogP) is 2.85. The summed E-state index contributed by atoms with van der Waals surface area (Å²) >= 11 is 0. The first-order valence-electron chi connectivity index (χ1n) is 8.39. The van der Waals surface area contributed by atoms with Crippen LogP contribution in [0, 0.1) is 5.92 Å². The Balaban J connectivity index is 1.75. The molecule has 1 N–H and O–H groups in total. The Bertz CT molecular complexity index is 490. The Labute approximate surface area is 127 Å². The summed E-state index contributed by atoms with van der Waals surface area (Å²) < 4.78 is 0. The molecule has 3 nitrogen and oxygen atoms in total. The number of aryl methyl sites for hydroxylation is 1. The number of carbonyl (C=O) groups is 1. The molecule has 1 heterocycles. The van der Waals surface area contributed by atoms with E-state index in [4.69, 9.17) is 0 Å². The minimum atomic E-state index is 0.258. The van der Waals surface area contributed by atoms with Crippen LogP contribution in [0.5, 0.6) is 0 Å². The SMILES string of the molecule is CCc1ccccc1C(=O)N(CC1CCNCC1)C1CC1. The van der Waals surface area contributed by atoms with Crippen LogP contribution in [0.25, 0.3) is 0 Å². The maximum absolute atomic E-state index is 13.0. The largest absolute Gasteiger partial charge is 0.335 e. The van der Waals surface area contributed by atoms with Crippen LogP contribution in [0.4, 0.5) is 0 Å². The highest BCUT2D eigenvalue weighted by molar-refractivity contribution is 5.96. The highest BCUT2D eigenvalue weighted by Crippen LogP contribution is 2.31. The van der Waals surface area contributed by atoms with Gasteiger partial charge in [-0.25, -0.2) is 0 Å². The van der Waals surface area contributed by atoms with Gasteiger partial charge in [-0.05, 0) is 62.7 Å². The summed E-state index contributed by atoms with van der Waals surface area (Å²) in [5.74, 6) is 0.929. The van der Waals surface area contributed by atoms with E-state index in [-0.39, 0.29) is 5.91 Å². The molecule has 21 heavy (non-hydrogen) atoms. The van der Waals surface area contributed by atoms with Crippen LogP contribution in [-0.4, -0.2) is 36.5 Å². The van der Waals surface area contributed by atoms with Crippen LogP contribution in [0.1, 0.15) is 48.5 Å². The molecule has 1 amide bonds. The van der Waals surface area contributed by atoms with Gasteiger partial charge in [-0.15, -0.1) is 0 Å². The van der Waals surface area contributed by atoms with E-state index in [2.05, 4.69) is 23.2 Å². The Kier molecular flexibility index (Phi) is 4.59. The molecule has 1 aromatic rings. The molecule has 0 atom stereocenters. The van der Waals surface area contributed by atoms with Crippen molar-refractivity contribution in [1.29, 1.82) is 0 Å². The van der Waals surface area contributed by atoms with Crippen LogP contribution in [-0.2, 0) is 6.42 Å². The van der Waals surface area contributed by atoms with E-state index < -0.39 is 0 Å². The van der Waals surface area contributed by atoms with Crippen molar-refractivity contribution in [3.63, 3.8) is 0 Å². The summed E-state index contributed by atoms with van der Waals surface area (Å²) in [6.45, 7) is 5.27. The zero-order valence-electron chi connectivity index (χ0n) is 13.0. The Morgan fingerprint density at radius 3 is 2.57 bits per heavy atom. The molecule has 2 aliphatic rings. The third-order valence-corrected chi connectivity index (χ3v) is 4.79. The normalized spacial score (nSPS) is 19.5. The second-order valence-corrected chi connectivity index (χ2v) is 6.39. The first kappa shape index (κ1) is 14.6. The second-order valence-electron chi connectivity index (χ2n) is 6.39. The maximum atomic E-state index is 13.0. The number of carbonyl (C=O) groups excluding carboxylic acids is 1. The number of nitrogens with one attached hydrogen (secondary N) is 1. The van der Waals surface area contributed by atoms with Gasteiger partial charge in [0.2, 0.25) is 0 Å². The van der Waals surface area contributed by atoms with Crippen molar-refractivity contribution in [1.82, 2.24) is 10.2 Å². The summed E-state index contributed by atoms with van der Waals surface area (Å²) in [5, 5.41) is 3.41. The monoisotopic (exact) mass is 286 g/mol. The fourth-order valence-electron chi connectivity index (χ4n) is 3.32. The molecule has 0 aromatic heterocycles. The average Bonchev–Trinajstić information content (AvgIpc) is 3.37. The molecule has 1 saturated heterocycles. The van der Waals surface area contributed by atoms with E-state index >= 15 is 0 Å². The number of benzene rings is 1. The molecule has 3 rings (SSSR count). The molecule has 1 saturated carbocycles. The van der Waals surface area contributed by atoms with Gasteiger partial charge in [0.25, 0.3) is 5.91 Å². The number of piperidine rings is 1. The molecule has 1 aliphatic heterocycles. The third-order valence-electron chi connectivity index (χ3n) is 4.79. The van der Waals surface area contributed by atoms with Crippen molar-refractivity contribution in [2.75, 3.05) is 19.6 Å². The van der Waals surface area contributed by atoms with Gasteiger partial charge in [0.05, 0.1) is 0 Å². The highest BCUT2D eigenvalue weighted by atomic mass is 16.2.